The number of hydrogen-bond acceptors (Lipinski definition) is 1. The molecule has 0 radical (unpaired) electrons. The smallest absolute Gasteiger partial charge is 0.115 e. The second-order valence-corrected chi connectivity index (χ2v) is 6.90. The fraction of sp³-hybridized carbons (Fsp3) is 0.400. The first-order valence-electron chi connectivity index (χ1n) is 8.05. The van der Waals surface area contributed by atoms with Crippen LogP contribution >= 0.6 is 0 Å². The molecule has 3 heteroatoms. The average Bonchev–Trinajstić information content (AvgIpc) is 2.54. The summed E-state index contributed by atoms with van der Waals surface area (Å²) < 4.78 is 0. The third-order valence-electron chi connectivity index (χ3n) is 4.95. The molecule has 0 aliphatic carbocycles. The van der Waals surface area contributed by atoms with Gasteiger partial charge in [0, 0.05) is 12.3 Å². The van der Waals surface area contributed by atoms with E-state index in [0.717, 1.165) is 17.5 Å². The quantitative estimate of drug-likeness (QED) is 0.750. The molecule has 1 unspecified atom stereocenters. The Kier molecular flexibility index (Phi) is 7.00. The van der Waals surface area contributed by atoms with E-state index in [1.807, 2.05) is 60.7 Å². The van der Waals surface area contributed by atoms with Gasteiger partial charge in [0.1, 0.15) is 5.60 Å². The van der Waals surface area contributed by atoms with Crippen molar-refractivity contribution in [2.45, 2.75) is 44.8 Å². The van der Waals surface area contributed by atoms with Gasteiger partial charge in [-0.15, -0.1) is 0 Å². The normalized spacial score (nSPS) is 14.2. The molecule has 0 aliphatic heterocycles. The minimum atomic E-state index is -0.962. The van der Waals surface area contributed by atoms with Gasteiger partial charge in [0.2, 0.25) is 0 Å². The monoisotopic (exact) mass is 377 g/mol. The Bertz CT molecular complexity index is 542. The Morgan fingerprint density at radius 1 is 0.870 bits per heavy atom. The minimum absolute atomic E-state index is 0. The van der Waals surface area contributed by atoms with Gasteiger partial charge in [0.25, 0.3) is 0 Å². The van der Waals surface area contributed by atoms with Crippen molar-refractivity contribution in [3.05, 3.63) is 71.8 Å². The van der Waals surface area contributed by atoms with Crippen LogP contribution in [-0.4, -0.2) is 10.6 Å². The van der Waals surface area contributed by atoms with E-state index in [4.69, 9.17) is 0 Å². The van der Waals surface area contributed by atoms with Crippen LogP contribution in [0.15, 0.2) is 60.7 Å². The molecule has 2 aromatic carbocycles. The highest BCUT2D eigenvalue weighted by atomic mass is 79.9. The summed E-state index contributed by atoms with van der Waals surface area (Å²) >= 11 is 0. The molecule has 0 fully saturated rings. The summed E-state index contributed by atoms with van der Waals surface area (Å²) in [7, 11) is 0. The summed E-state index contributed by atoms with van der Waals surface area (Å²) in [6.45, 7) is 6.56. The van der Waals surface area contributed by atoms with E-state index in [1.54, 1.807) is 0 Å². The fourth-order valence-corrected chi connectivity index (χ4v) is 2.64. The van der Waals surface area contributed by atoms with Gasteiger partial charge in [-0.05, 0) is 24.5 Å². The molecular formula is C20H28BrNO. The predicted molar refractivity (Wildman–Crippen MR) is 91.2 cm³/mol. The maximum atomic E-state index is 11.5. The third-order valence-corrected chi connectivity index (χ3v) is 4.95. The summed E-state index contributed by atoms with van der Waals surface area (Å²) in [6, 6.07) is 19.9. The fourth-order valence-electron chi connectivity index (χ4n) is 2.64. The topological polar surface area (TPSA) is 47.9 Å². The van der Waals surface area contributed by atoms with Gasteiger partial charge in [0.05, 0.1) is 5.54 Å². The van der Waals surface area contributed by atoms with Crippen molar-refractivity contribution in [1.29, 1.82) is 0 Å². The van der Waals surface area contributed by atoms with Gasteiger partial charge >= 0.3 is 0 Å². The molecule has 0 saturated heterocycles. The molecule has 2 nitrogen and oxygen atoms in total. The van der Waals surface area contributed by atoms with Crippen LogP contribution in [0, 0.1) is 5.92 Å². The second-order valence-electron chi connectivity index (χ2n) is 6.90. The third kappa shape index (κ3) is 4.66. The van der Waals surface area contributed by atoms with Crippen molar-refractivity contribution in [3.63, 3.8) is 0 Å². The van der Waals surface area contributed by atoms with E-state index in [9.17, 15) is 5.11 Å². The molecule has 126 valence electrons. The Morgan fingerprint density at radius 3 is 1.61 bits per heavy atom. The van der Waals surface area contributed by atoms with Crippen molar-refractivity contribution in [3.8, 4) is 0 Å². The Hall–Kier alpha value is -1.16. The molecule has 2 aromatic rings. The van der Waals surface area contributed by atoms with Gasteiger partial charge in [-0.25, -0.2) is 0 Å². The molecule has 0 amide bonds. The summed E-state index contributed by atoms with van der Waals surface area (Å²) in [5.41, 5.74) is 5.23. The highest BCUT2D eigenvalue weighted by Gasteiger charge is 2.36. The Labute approximate surface area is 150 Å². The second kappa shape index (κ2) is 8.09. The van der Waals surface area contributed by atoms with Gasteiger partial charge in [-0.3, -0.25) is 0 Å². The number of benzene rings is 2. The van der Waals surface area contributed by atoms with Crippen LogP contribution in [-0.2, 0) is 5.60 Å². The van der Waals surface area contributed by atoms with Crippen LogP contribution in [0.3, 0.4) is 0 Å². The lowest BCUT2D eigenvalue weighted by Crippen LogP contribution is -3.00. The largest absolute Gasteiger partial charge is 1.00 e. The first kappa shape index (κ1) is 19.9. The van der Waals surface area contributed by atoms with E-state index < -0.39 is 5.60 Å². The predicted octanol–water partition coefficient (Wildman–Crippen LogP) is 0.363. The zero-order valence-electron chi connectivity index (χ0n) is 14.3. The highest BCUT2D eigenvalue weighted by molar-refractivity contribution is 5.35. The number of halogens is 1. The van der Waals surface area contributed by atoms with Crippen molar-refractivity contribution < 1.29 is 27.8 Å². The van der Waals surface area contributed by atoms with E-state index in [2.05, 4.69) is 26.5 Å². The van der Waals surface area contributed by atoms with E-state index in [0.29, 0.717) is 12.3 Å². The first-order valence-corrected chi connectivity index (χ1v) is 8.05. The number of aliphatic hydroxyl groups is 1. The molecule has 0 bridgehead atoms. The van der Waals surface area contributed by atoms with Crippen LogP contribution in [0.1, 0.15) is 44.7 Å². The summed E-state index contributed by atoms with van der Waals surface area (Å²) in [6.07, 6.45) is 1.53. The van der Waals surface area contributed by atoms with Crippen LogP contribution in [0.4, 0.5) is 0 Å². The van der Waals surface area contributed by atoms with Crippen molar-refractivity contribution >= 4 is 0 Å². The molecule has 0 heterocycles. The van der Waals surface area contributed by atoms with Crippen molar-refractivity contribution in [2.24, 2.45) is 5.92 Å². The van der Waals surface area contributed by atoms with Crippen LogP contribution < -0.4 is 22.7 Å². The first-order chi connectivity index (χ1) is 10.4. The van der Waals surface area contributed by atoms with Gasteiger partial charge in [0.15, 0.2) is 0 Å². The van der Waals surface area contributed by atoms with Crippen molar-refractivity contribution in [2.75, 3.05) is 0 Å². The van der Waals surface area contributed by atoms with Gasteiger partial charge < -0.3 is 27.8 Å². The molecule has 23 heavy (non-hydrogen) atoms. The number of quaternary nitrogens is 1. The maximum absolute atomic E-state index is 11.5. The van der Waals surface area contributed by atoms with Gasteiger partial charge in [-0.2, -0.15) is 0 Å². The molecule has 0 spiro atoms. The lowest BCUT2D eigenvalue weighted by atomic mass is 9.76. The molecule has 1 atom stereocenters. The van der Waals surface area contributed by atoms with Crippen LogP contribution in [0.5, 0.6) is 0 Å². The molecule has 2 rings (SSSR count). The number of rotatable bonds is 6. The molecule has 0 saturated carbocycles. The lowest BCUT2D eigenvalue weighted by Gasteiger charge is -2.33. The minimum Gasteiger partial charge on any atom is -1.00 e. The van der Waals surface area contributed by atoms with Gasteiger partial charge in [-0.1, -0.05) is 74.5 Å². The maximum Gasteiger partial charge on any atom is 0.115 e. The summed E-state index contributed by atoms with van der Waals surface area (Å²) in [5.74, 6) is 0.475. The van der Waals surface area contributed by atoms with Crippen molar-refractivity contribution in [1.82, 2.24) is 0 Å². The number of hydrogen-bond donors (Lipinski definition) is 2. The molecular weight excluding hydrogens is 350 g/mol. The Morgan fingerprint density at radius 2 is 1.26 bits per heavy atom. The Balaban J connectivity index is 0.00000264. The van der Waals surface area contributed by atoms with E-state index >= 15 is 0 Å². The molecule has 4 N–H and O–H groups in total. The van der Waals surface area contributed by atoms with E-state index in [-0.39, 0.29) is 22.5 Å². The lowest BCUT2D eigenvalue weighted by molar-refractivity contribution is -0.487. The average molecular weight is 378 g/mol. The summed E-state index contributed by atoms with van der Waals surface area (Å²) in [4.78, 5) is 0. The van der Waals surface area contributed by atoms with Crippen LogP contribution in [0.25, 0.3) is 0 Å². The van der Waals surface area contributed by atoms with Crippen LogP contribution in [0.2, 0.25) is 0 Å². The zero-order chi connectivity index (χ0) is 16.2. The standard InChI is InChI=1S/C20H27NO.BrH/c1-16(2)19(3,21)14-15-20(22,17-10-6-4-7-11-17)18-12-8-5-9-13-18;/h4-13,16,22H,14-15,21H2,1-3H3;1H. The molecule has 0 aromatic heterocycles. The SMILES string of the molecule is CC(C)C(C)([NH3+])CCC(O)(c1ccccc1)c1ccccc1.[Br-]. The highest BCUT2D eigenvalue weighted by Crippen LogP contribution is 2.36. The molecule has 0 aliphatic rings. The zero-order valence-corrected chi connectivity index (χ0v) is 15.9. The van der Waals surface area contributed by atoms with E-state index in [1.165, 1.54) is 0 Å². The summed E-state index contributed by atoms with van der Waals surface area (Å²) in [5, 5.41) is 11.5.